The maximum absolute atomic E-state index is 5.79. The van der Waals surface area contributed by atoms with Crippen LogP contribution in [0.2, 0.25) is 0 Å². The molecule has 5 heteroatoms. The second kappa shape index (κ2) is 6.94. The molecule has 2 heterocycles. The Labute approximate surface area is 131 Å². The highest BCUT2D eigenvalue weighted by atomic mass is 16.5. The molecule has 1 aromatic carbocycles. The van der Waals surface area contributed by atoms with Crippen LogP contribution in [0.3, 0.4) is 0 Å². The number of hydrogen-bond acceptors (Lipinski definition) is 4. The lowest BCUT2D eigenvalue weighted by molar-refractivity contribution is 0.199. The summed E-state index contributed by atoms with van der Waals surface area (Å²) in [4.78, 5) is 6.75. The second-order valence-corrected chi connectivity index (χ2v) is 5.98. The molecule has 1 N–H and O–H groups in total. The summed E-state index contributed by atoms with van der Waals surface area (Å²) in [6, 6.07) is 8.98. The fourth-order valence-electron chi connectivity index (χ4n) is 2.79. The van der Waals surface area contributed by atoms with Gasteiger partial charge < -0.3 is 14.6 Å². The number of aromatic nitrogens is 2. The third-order valence-corrected chi connectivity index (χ3v) is 4.07. The van der Waals surface area contributed by atoms with Crippen LogP contribution in [0.4, 0.5) is 0 Å². The summed E-state index contributed by atoms with van der Waals surface area (Å²) >= 11 is 0. The number of benzene rings is 1. The number of piperazine rings is 1. The lowest BCUT2D eigenvalue weighted by Crippen LogP contribution is -2.48. The van der Waals surface area contributed by atoms with Gasteiger partial charge in [0.05, 0.1) is 0 Å². The number of rotatable bonds is 5. The molecule has 1 aliphatic heterocycles. The minimum atomic E-state index is 0.498. The topological polar surface area (TPSA) is 42.3 Å². The van der Waals surface area contributed by atoms with Gasteiger partial charge in [-0.2, -0.15) is 0 Å². The van der Waals surface area contributed by atoms with Gasteiger partial charge in [0.1, 0.15) is 18.2 Å². The Morgan fingerprint density at radius 3 is 2.82 bits per heavy atom. The van der Waals surface area contributed by atoms with Gasteiger partial charge in [0.25, 0.3) is 0 Å². The molecule has 0 amide bonds. The van der Waals surface area contributed by atoms with E-state index in [4.69, 9.17) is 4.74 Å². The SMILES string of the molecule is C[C@H]1CN(Cc2ccc(OCc3nccn3C)cc2)CCN1. The molecule has 1 atom stereocenters. The van der Waals surface area contributed by atoms with Crippen molar-refractivity contribution >= 4 is 0 Å². The quantitative estimate of drug-likeness (QED) is 0.914. The predicted octanol–water partition coefficient (Wildman–Crippen LogP) is 1.79. The molecular formula is C17H24N4O. The van der Waals surface area contributed by atoms with E-state index in [2.05, 4.69) is 34.3 Å². The van der Waals surface area contributed by atoms with Crippen LogP contribution in [0, 0.1) is 0 Å². The van der Waals surface area contributed by atoms with Crippen molar-refractivity contribution in [2.45, 2.75) is 26.1 Å². The Bertz CT molecular complexity index is 593. The van der Waals surface area contributed by atoms with E-state index in [0.717, 1.165) is 37.8 Å². The Morgan fingerprint density at radius 1 is 1.32 bits per heavy atom. The van der Waals surface area contributed by atoms with E-state index in [0.29, 0.717) is 12.6 Å². The molecule has 3 rings (SSSR count). The molecule has 0 saturated carbocycles. The smallest absolute Gasteiger partial charge is 0.146 e. The van der Waals surface area contributed by atoms with Gasteiger partial charge in [-0.1, -0.05) is 12.1 Å². The van der Waals surface area contributed by atoms with Gasteiger partial charge in [0, 0.05) is 51.7 Å². The molecule has 0 unspecified atom stereocenters. The summed E-state index contributed by atoms with van der Waals surface area (Å²) in [5.74, 6) is 1.82. The van der Waals surface area contributed by atoms with Crippen LogP contribution in [0.1, 0.15) is 18.3 Å². The standard InChI is InChI=1S/C17H24N4O/c1-14-11-21(10-8-18-14)12-15-3-5-16(6-4-15)22-13-17-19-7-9-20(17)2/h3-7,9,14,18H,8,10-13H2,1-2H3/t14-/m0/s1. The molecule has 1 aliphatic rings. The maximum atomic E-state index is 5.79. The van der Waals surface area contributed by atoms with Crippen molar-refractivity contribution in [3.05, 3.63) is 48.0 Å². The molecule has 118 valence electrons. The molecule has 0 radical (unpaired) electrons. The minimum absolute atomic E-state index is 0.498. The van der Waals surface area contributed by atoms with Crippen molar-refractivity contribution in [2.24, 2.45) is 7.05 Å². The van der Waals surface area contributed by atoms with Crippen LogP contribution in [0.5, 0.6) is 5.75 Å². The predicted molar refractivity (Wildman–Crippen MR) is 86.7 cm³/mol. The van der Waals surface area contributed by atoms with Crippen molar-refractivity contribution in [1.82, 2.24) is 19.8 Å². The van der Waals surface area contributed by atoms with Crippen molar-refractivity contribution in [3.8, 4) is 5.75 Å². The summed E-state index contributed by atoms with van der Waals surface area (Å²) in [5.41, 5.74) is 1.33. The molecule has 2 aromatic rings. The zero-order valence-corrected chi connectivity index (χ0v) is 13.3. The first-order valence-electron chi connectivity index (χ1n) is 7.84. The largest absolute Gasteiger partial charge is 0.486 e. The van der Waals surface area contributed by atoms with E-state index in [1.54, 1.807) is 6.20 Å². The first-order chi connectivity index (χ1) is 10.7. The van der Waals surface area contributed by atoms with Gasteiger partial charge in [0.15, 0.2) is 0 Å². The van der Waals surface area contributed by atoms with Gasteiger partial charge in [-0.05, 0) is 24.6 Å². The zero-order chi connectivity index (χ0) is 15.4. The Kier molecular flexibility index (Phi) is 4.75. The van der Waals surface area contributed by atoms with Crippen molar-refractivity contribution in [3.63, 3.8) is 0 Å². The van der Waals surface area contributed by atoms with Gasteiger partial charge in [-0.25, -0.2) is 4.98 Å². The number of nitrogens with zero attached hydrogens (tertiary/aromatic N) is 3. The monoisotopic (exact) mass is 300 g/mol. The van der Waals surface area contributed by atoms with Crippen LogP contribution < -0.4 is 10.1 Å². The average Bonchev–Trinajstić information content (AvgIpc) is 2.92. The normalized spacial score (nSPS) is 19.3. The maximum Gasteiger partial charge on any atom is 0.146 e. The fourth-order valence-corrected chi connectivity index (χ4v) is 2.79. The van der Waals surface area contributed by atoms with E-state index in [1.807, 2.05) is 29.9 Å². The summed E-state index contributed by atoms with van der Waals surface area (Å²) in [6.45, 7) is 7.04. The Hall–Kier alpha value is -1.85. The first-order valence-corrected chi connectivity index (χ1v) is 7.84. The Morgan fingerprint density at radius 2 is 2.14 bits per heavy atom. The van der Waals surface area contributed by atoms with Gasteiger partial charge in [-0.3, -0.25) is 4.90 Å². The van der Waals surface area contributed by atoms with Crippen LogP contribution in [-0.2, 0) is 20.2 Å². The van der Waals surface area contributed by atoms with Crippen LogP contribution in [-0.4, -0.2) is 40.1 Å². The Balaban J connectivity index is 1.52. The number of hydrogen-bond donors (Lipinski definition) is 1. The molecule has 1 saturated heterocycles. The van der Waals surface area contributed by atoms with E-state index >= 15 is 0 Å². The summed E-state index contributed by atoms with van der Waals surface area (Å²) in [5, 5.41) is 3.47. The van der Waals surface area contributed by atoms with E-state index in [-0.39, 0.29) is 0 Å². The number of nitrogens with one attached hydrogen (secondary N) is 1. The van der Waals surface area contributed by atoms with E-state index in [1.165, 1.54) is 5.56 Å². The lowest BCUT2D eigenvalue weighted by atomic mass is 10.1. The highest BCUT2D eigenvalue weighted by molar-refractivity contribution is 5.27. The van der Waals surface area contributed by atoms with Crippen LogP contribution in [0.25, 0.3) is 0 Å². The molecular weight excluding hydrogens is 276 g/mol. The van der Waals surface area contributed by atoms with Gasteiger partial charge in [-0.15, -0.1) is 0 Å². The van der Waals surface area contributed by atoms with E-state index < -0.39 is 0 Å². The zero-order valence-electron chi connectivity index (χ0n) is 13.3. The van der Waals surface area contributed by atoms with Crippen LogP contribution in [0.15, 0.2) is 36.7 Å². The fraction of sp³-hybridized carbons (Fsp3) is 0.471. The van der Waals surface area contributed by atoms with E-state index in [9.17, 15) is 0 Å². The molecule has 0 bridgehead atoms. The van der Waals surface area contributed by atoms with Crippen LogP contribution >= 0.6 is 0 Å². The molecule has 0 aliphatic carbocycles. The highest BCUT2D eigenvalue weighted by Gasteiger charge is 2.15. The number of ether oxygens (including phenoxy) is 1. The minimum Gasteiger partial charge on any atom is -0.486 e. The molecule has 22 heavy (non-hydrogen) atoms. The summed E-state index contributed by atoms with van der Waals surface area (Å²) in [6.07, 6.45) is 3.71. The lowest BCUT2D eigenvalue weighted by Gasteiger charge is -2.31. The molecule has 1 fully saturated rings. The van der Waals surface area contributed by atoms with Gasteiger partial charge >= 0.3 is 0 Å². The van der Waals surface area contributed by atoms with Crippen molar-refractivity contribution < 1.29 is 4.74 Å². The highest BCUT2D eigenvalue weighted by Crippen LogP contribution is 2.15. The summed E-state index contributed by atoms with van der Waals surface area (Å²) < 4.78 is 7.76. The average molecular weight is 300 g/mol. The number of imidazole rings is 1. The molecule has 5 nitrogen and oxygen atoms in total. The van der Waals surface area contributed by atoms with Crippen molar-refractivity contribution in [1.29, 1.82) is 0 Å². The second-order valence-electron chi connectivity index (χ2n) is 5.98. The third kappa shape index (κ3) is 3.87. The number of aryl methyl sites for hydroxylation is 1. The van der Waals surface area contributed by atoms with Crippen molar-refractivity contribution in [2.75, 3.05) is 19.6 Å². The summed E-state index contributed by atoms with van der Waals surface area (Å²) in [7, 11) is 1.98. The molecule has 1 aromatic heterocycles. The molecule has 0 spiro atoms. The third-order valence-electron chi connectivity index (χ3n) is 4.07. The first kappa shape index (κ1) is 15.1. The van der Waals surface area contributed by atoms with Gasteiger partial charge in [0.2, 0.25) is 0 Å².